The molecule has 1 fully saturated rings. The second-order valence-corrected chi connectivity index (χ2v) is 5.89. The number of nitrogens with one attached hydrogen (secondary N) is 2. The fraction of sp³-hybridized carbons (Fsp3) is 0.471. The third-order valence-electron chi connectivity index (χ3n) is 3.95. The van der Waals surface area contributed by atoms with Gasteiger partial charge in [-0.15, -0.1) is 0 Å². The Hall–Kier alpha value is -2.61. The summed E-state index contributed by atoms with van der Waals surface area (Å²) in [5.74, 6) is -0.623. The van der Waals surface area contributed by atoms with Gasteiger partial charge in [0.2, 0.25) is 5.91 Å². The van der Waals surface area contributed by atoms with Gasteiger partial charge in [-0.1, -0.05) is 19.1 Å². The van der Waals surface area contributed by atoms with Crippen molar-refractivity contribution in [2.24, 2.45) is 0 Å². The molecule has 8 heteroatoms. The number of benzene rings is 1. The maximum Gasteiger partial charge on any atom is 0.321 e. The summed E-state index contributed by atoms with van der Waals surface area (Å²) in [6, 6.07) is 5.96. The highest BCUT2D eigenvalue weighted by Crippen LogP contribution is 2.18. The molecule has 0 aliphatic carbocycles. The average molecular weight is 348 g/mol. The molecular formula is C17H24N4O4. The highest BCUT2D eigenvalue weighted by molar-refractivity contribution is 5.97. The van der Waals surface area contributed by atoms with Crippen LogP contribution in [0.2, 0.25) is 0 Å². The number of carbonyl (C=O) groups is 3. The van der Waals surface area contributed by atoms with Gasteiger partial charge in [0, 0.05) is 32.7 Å². The number of amides is 4. The SMILES string of the molecule is CCCNC(=O)NC(=O)CN1CCN(C(=O)c2ccccc2O)CC1. The van der Waals surface area contributed by atoms with Crippen molar-refractivity contribution in [1.82, 2.24) is 20.4 Å². The van der Waals surface area contributed by atoms with Crippen molar-refractivity contribution in [2.45, 2.75) is 13.3 Å². The summed E-state index contributed by atoms with van der Waals surface area (Å²) in [6.07, 6.45) is 0.800. The van der Waals surface area contributed by atoms with Crippen LogP contribution in [0.3, 0.4) is 0 Å². The number of hydrogen-bond acceptors (Lipinski definition) is 5. The van der Waals surface area contributed by atoms with Crippen molar-refractivity contribution < 1.29 is 19.5 Å². The van der Waals surface area contributed by atoms with Crippen LogP contribution in [-0.4, -0.2) is 72.0 Å². The molecule has 0 aromatic heterocycles. The number of imide groups is 1. The van der Waals surface area contributed by atoms with E-state index in [0.29, 0.717) is 32.7 Å². The van der Waals surface area contributed by atoms with E-state index in [2.05, 4.69) is 10.6 Å². The van der Waals surface area contributed by atoms with Gasteiger partial charge < -0.3 is 15.3 Å². The van der Waals surface area contributed by atoms with E-state index in [1.54, 1.807) is 23.1 Å². The average Bonchev–Trinajstić information content (AvgIpc) is 2.60. The summed E-state index contributed by atoms with van der Waals surface area (Å²) in [6.45, 7) is 4.54. The Labute approximate surface area is 146 Å². The van der Waals surface area contributed by atoms with Crippen molar-refractivity contribution in [3.63, 3.8) is 0 Å². The molecule has 0 radical (unpaired) electrons. The summed E-state index contributed by atoms with van der Waals surface area (Å²) >= 11 is 0. The maximum atomic E-state index is 12.4. The molecular weight excluding hydrogens is 324 g/mol. The molecule has 1 heterocycles. The number of piperazine rings is 1. The van der Waals surface area contributed by atoms with Gasteiger partial charge in [0.1, 0.15) is 5.75 Å². The molecule has 1 saturated heterocycles. The zero-order chi connectivity index (χ0) is 18.2. The lowest BCUT2D eigenvalue weighted by atomic mass is 10.1. The van der Waals surface area contributed by atoms with Crippen molar-refractivity contribution in [3.05, 3.63) is 29.8 Å². The minimum atomic E-state index is -0.486. The van der Waals surface area contributed by atoms with Gasteiger partial charge in [0.25, 0.3) is 5.91 Å². The zero-order valence-electron chi connectivity index (χ0n) is 14.3. The molecule has 8 nitrogen and oxygen atoms in total. The zero-order valence-corrected chi connectivity index (χ0v) is 14.3. The first-order valence-corrected chi connectivity index (χ1v) is 8.38. The molecule has 1 aliphatic rings. The smallest absolute Gasteiger partial charge is 0.321 e. The summed E-state index contributed by atoms with van der Waals surface area (Å²) in [5, 5.41) is 14.6. The summed E-state index contributed by atoms with van der Waals surface area (Å²) < 4.78 is 0. The van der Waals surface area contributed by atoms with E-state index < -0.39 is 6.03 Å². The molecule has 25 heavy (non-hydrogen) atoms. The first-order chi connectivity index (χ1) is 12.0. The van der Waals surface area contributed by atoms with Crippen LogP contribution in [0.4, 0.5) is 4.79 Å². The minimum Gasteiger partial charge on any atom is -0.507 e. The quantitative estimate of drug-likeness (QED) is 0.714. The first kappa shape index (κ1) is 18.7. The van der Waals surface area contributed by atoms with Crippen LogP contribution >= 0.6 is 0 Å². The molecule has 4 amide bonds. The number of carbonyl (C=O) groups excluding carboxylic acids is 3. The number of nitrogens with zero attached hydrogens (tertiary/aromatic N) is 2. The monoisotopic (exact) mass is 348 g/mol. The van der Waals surface area contributed by atoms with E-state index in [-0.39, 0.29) is 29.7 Å². The van der Waals surface area contributed by atoms with Gasteiger partial charge in [-0.25, -0.2) is 4.79 Å². The number of urea groups is 1. The molecule has 0 bridgehead atoms. The third-order valence-corrected chi connectivity index (χ3v) is 3.95. The number of para-hydroxylation sites is 1. The third kappa shape index (κ3) is 5.46. The van der Waals surface area contributed by atoms with Crippen LogP contribution in [0.15, 0.2) is 24.3 Å². The fourth-order valence-corrected chi connectivity index (χ4v) is 2.59. The molecule has 2 rings (SSSR count). The van der Waals surface area contributed by atoms with Crippen LogP contribution in [0.25, 0.3) is 0 Å². The Kier molecular flexibility index (Phi) is 6.76. The van der Waals surface area contributed by atoms with Crippen molar-refractivity contribution >= 4 is 17.8 Å². The van der Waals surface area contributed by atoms with Gasteiger partial charge in [0.15, 0.2) is 0 Å². The molecule has 0 atom stereocenters. The van der Waals surface area contributed by atoms with E-state index in [9.17, 15) is 19.5 Å². The largest absolute Gasteiger partial charge is 0.507 e. The summed E-state index contributed by atoms with van der Waals surface area (Å²) in [7, 11) is 0. The highest BCUT2D eigenvalue weighted by atomic mass is 16.3. The number of phenols is 1. The van der Waals surface area contributed by atoms with E-state index in [0.717, 1.165) is 6.42 Å². The van der Waals surface area contributed by atoms with Crippen molar-refractivity contribution in [2.75, 3.05) is 39.3 Å². The fourth-order valence-electron chi connectivity index (χ4n) is 2.59. The number of aromatic hydroxyl groups is 1. The van der Waals surface area contributed by atoms with Crippen LogP contribution in [0, 0.1) is 0 Å². The van der Waals surface area contributed by atoms with Crippen molar-refractivity contribution in [3.8, 4) is 5.75 Å². The Morgan fingerprint density at radius 3 is 2.44 bits per heavy atom. The lowest BCUT2D eigenvalue weighted by Gasteiger charge is -2.34. The molecule has 0 saturated carbocycles. The predicted molar refractivity (Wildman–Crippen MR) is 92.3 cm³/mol. The highest BCUT2D eigenvalue weighted by Gasteiger charge is 2.24. The van der Waals surface area contributed by atoms with Gasteiger partial charge in [-0.3, -0.25) is 19.8 Å². The Morgan fingerprint density at radius 1 is 1.12 bits per heavy atom. The van der Waals surface area contributed by atoms with Gasteiger partial charge in [-0.05, 0) is 18.6 Å². The normalized spacial score (nSPS) is 14.8. The molecule has 1 aromatic carbocycles. The molecule has 0 spiro atoms. The molecule has 3 N–H and O–H groups in total. The standard InChI is InChI=1S/C17H24N4O4/c1-2-7-18-17(25)19-15(23)12-20-8-10-21(11-9-20)16(24)13-5-3-4-6-14(13)22/h3-6,22H,2,7-12H2,1H3,(H2,18,19,23,25). The van der Waals surface area contributed by atoms with Crippen LogP contribution in [-0.2, 0) is 4.79 Å². The summed E-state index contributed by atoms with van der Waals surface area (Å²) in [4.78, 5) is 39.2. The van der Waals surface area contributed by atoms with Crippen LogP contribution in [0.5, 0.6) is 5.75 Å². The predicted octanol–water partition coefficient (Wildman–Crippen LogP) is 0.386. The lowest BCUT2D eigenvalue weighted by Crippen LogP contribution is -2.52. The van der Waals surface area contributed by atoms with Crippen LogP contribution in [0.1, 0.15) is 23.7 Å². The Balaban J connectivity index is 1.78. The topological polar surface area (TPSA) is 102 Å². The van der Waals surface area contributed by atoms with Gasteiger partial charge in [0.05, 0.1) is 12.1 Å². The second-order valence-electron chi connectivity index (χ2n) is 5.89. The molecule has 136 valence electrons. The number of hydrogen-bond donors (Lipinski definition) is 3. The minimum absolute atomic E-state index is 0.0348. The first-order valence-electron chi connectivity index (χ1n) is 8.38. The number of phenolic OH excluding ortho intramolecular Hbond substituents is 1. The summed E-state index contributed by atoms with van der Waals surface area (Å²) in [5.41, 5.74) is 0.279. The Morgan fingerprint density at radius 2 is 1.80 bits per heavy atom. The van der Waals surface area contributed by atoms with E-state index in [1.165, 1.54) is 6.07 Å². The van der Waals surface area contributed by atoms with Crippen molar-refractivity contribution in [1.29, 1.82) is 0 Å². The molecule has 1 aliphatic heterocycles. The Bertz CT molecular complexity index is 627. The van der Waals surface area contributed by atoms with Gasteiger partial charge >= 0.3 is 6.03 Å². The second kappa shape index (κ2) is 9.03. The molecule has 0 unspecified atom stereocenters. The lowest BCUT2D eigenvalue weighted by molar-refractivity contribution is -0.121. The van der Waals surface area contributed by atoms with E-state index in [1.807, 2.05) is 11.8 Å². The van der Waals surface area contributed by atoms with Crippen LogP contribution < -0.4 is 10.6 Å². The maximum absolute atomic E-state index is 12.4. The van der Waals surface area contributed by atoms with E-state index in [4.69, 9.17) is 0 Å². The van der Waals surface area contributed by atoms with E-state index >= 15 is 0 Å². The van der Waals surface area contributed by atoms with Gasteiger partial charge in [-0.2, -0.15) is 0 Å². The molecule has 1 aromatic rings. The number of rotatable bonds is 5.